The van der Waals surface area contributed by atoms with Crippen LogP contribution in [0.4, 0.5) is 34.1 Å². The minimum absolute atomic E-state index is 1.09. The van der Waals surface area contributed by atoms with Crippen LogP contribution in [0.2, 0.25) is 0 Å². The molecule has 52 heavy (non-hydrogen) atoms. The summed E-state index contributed by atoms with van der Waals surface area (Å²) in [4.78, 5) is 4.67. The molecule has 0 radical (unpaired) electrons. The number of para-hydroxylation sites is 2. The Balaban J connectivity index is 1.12. The molecule has 0 aliphatic rings. The molecule has 0 spiro atoms. The van der Waals surface area contributed by atoms with Crippen molar-refractivity contribution in [1.29, 1.82) is 0 Å². The van der Waals surface area contributed by atoms with E-state index in [9.17, 15) is 0 Å². The van der Waals surface area contributed by atoms with Crippen molar-refractivity contribution < 1.29 is 0 Å². The summed E-state index contributed by atoms with van der Waals surface area (Å²) in [7, 11) is 0. The Hall–Kier alpha value is -6.90. The summed E-state index contributed by atoms with van der Waals surface area (Å²) in [5, 5.41) is 4.94. The first-order valence-corrected chi connectivity index (χ1v) is 17.8. The molecule has 0 bridgehead atoms. The zero-order valence-electron chi connectivity index (χ0n) is 28.7. The van der Waals surface area contributed by atoms with E-state index in [1.54, 1.807) is 0 Å². The second-order valence-corrected chi connectivity index (χ2v) is 13.0. The number of benzene rings is 9. The predicted octanol–water partition coefficient (Wildman–Crippen LogP) is 14.3. The first kappa shape index (κ1) is 31.1. The van der Waals surface area contributed by atoms with E-state index >= 15 is 0 Å². The first-order valence-electron chi connectivity index (χ1n) is 17.8. The minimum Gasteiger partial charge on any atom is -0.310 e. The molecule has 0 aliphatic heterocycles. The lowest BCUT2D eigenvalue weighted by Gasteiger charge is -2.28. The lowest BCUT2D eigenvalue weighted by atomic mass is 9.96. The largest absolute Gasteiger partial charge is 0.310 e. The van der Waals surface area contributed by atoms with Gasteiger partial charge in [0.05, 0.1) is 0 Å². The van der Waals surface area contributed by atoms with E-state index in [-0.39, 0.29) is 0 Å². The molecule has 9 aromatic carbocycles. The van der Waals surface area contributed by atoms with Crippen LogP contribution in [0.5, 0.6) is 0 Å². The van der Waals surface area contributed by atoms with Crippen LogP contribution in [-0.2, 0) is 0 Å². The Morgan fingerprint density at radius 2 is 0.712 bits per heavy atom. The van der Waals surface area contributed by atoms with E-state index in [1.807, 2.05) is 0 Å². The lowest BCUT2D eigenvalue weighted by molar-refractivity contribution is 1.26. The maximum absolute atomic E-state index is 2.34. The molecule has 2 nitrogen and oxygen atoms in total. The summed E-state index contributed by atoms with van der Waals surface area (Å²) in [5.41, 5.74) is 11.5. The molecule has 0 fully saturated rings. The Morgan fingerprint density at radius 3 is 1.40 bits per heavy atom. The van der Waals surface area contributed by atoms with Gasteiger partial charge in [0.15, 0.2) is 0 Å². The Labute approximate surface area is 305 Å². The number of hydrogen-bond donors (Lipinski definition) is 0. The molecule has 9 rings (SSSR count). The summed E-state index contributed by atoms with van der Waals surface area (Å²) >= 11 is 0. The van der Waals surface area contributed by atoms with E-state index < -0.39 is 0 Å². The van der Waals surface area contributed by atoms with Gasteiger partial charge in [0.1, 0.15) is 0 Å². The Morgan fingerprint density at radius 1 is 0.231 bits per heavy atom. The molecule has 246 valence electrons. The Kier molecular flexibility index (Phi) is 8.24. The van der Waals surface area contributed by atoms with Gasteiger partial charge < -0.3 is 9.80 Å². The van der Waals surface area contributed by atoms with Gasteiger partial charge in [-0.15, -0.1) is 0 Å². The average Bonchev–Trinajstić information content (AvgIpc) is 3.22. The molecule has 9 aromatic rings. The van der Waals surface area contributed by atoms with Crippen molar-refractivity contribution in [3.05, 3.63) is 218 Å². The molecule has 0 N–H and O–H groups in total. The molecular weight excluding hydrogens is 629 g/mol. The van der Waals surface area contributed by atoms with Crippen molar-refractivity contribution >= 4 is 55.7 Å². The van der Waals surface area contributed by atoms with Crippen molar-refractivity contribution in [2.45, 2.75) is 0 Å². The number of fused-ring (bicyclic) bond motifs is 2. The number of nitrogens with zero attached hydrogens (tertiary/aromatic N) is 2. The van der Waals surface area contributed by atoms with Crippen molar-refractivity contribution in [1.82, 2.24) is 0 Å². The van der Waals surface area contributed by atoms with E-state index in [4.69, 9.17) is 0 Å². The van der Waals surface area contributed by atoms with Gasteiger partial charge in [-0.3, -0.25) is 0 Å². The van der Waals surface area contributed by atoms with Gasteiger partial charge in [-0.1, -0.05) is 140 Å². The van der Waals surface area contributed by atoms with Crippen LogP contribution in [0.1, 0.15) is 0 Å². The molecule has 0 aromatic heterocycles. The third-order valence-electron chi connectivity index (χ3n) is 9.79. The fraction of sp³-hybridized carbons (Fsp3) is 0. The summed E-state index contributed by atoms with van der Waals surface area (Å²) in [6.45, 7) is 0. The average molecular weight is 665 g/mol. The number of rotatable bonds is 8. The molecule has 0 amide bonds. The molecule has 2 heteroatoms. The molecule has 0 aliphatic carbocycles. The molecule has 0 atom stereocenters. The van der Waals surface area contributed by atoms with Crippen molar-refractivity contribution in [2.75, 3.05) is 9.80 Å². The minimum atomic E-state index is 1.09. The first-order chi connectivity index (χ1) is 25.8. The van der Waals surface area contributed by atoms with Gasteiger partial charge in [0, 0.05) is 34.1 Å². The van der Waals surface area contributed by atoms with E-state index in [0.29, 0.717) is 0 Å². The van der Waals surface area contributed by atoms with Gasteiger partial charge in [-0.25, -0.2) is 0 Å². The smallest absolute Gasteiger partial charge is 0.0468 e. The second kappa shape index (κ2) is 13.8. The lowest BCUT2D eigenvalue weighted by Crippen LogP contribution is -2.12. The van der Waals surface area contributed by atoms with Gasteiger partial charge in [-0.05, 0) is 123 Å². The SMILES string of the molecule is c1ccc(-c2cccc(N(c3ccccc3)c3ccc(N(c4ccccc4)c4ccc5ccc(-c6cccc7ccccc67)cc5c4)cc3)c2)cc1. The maximum Gasteiger partial charge on any atom is 0.0468 e. The van der Waals surface area contributed by atoms with Crippen molar-refractivity contribution in [3.8, 4) is 22.3 Å². The van der Waals surface area contributed by atoms with Crippen LogP contribution in [0, 0.1) is 0 Å². The zero-order valence-corrected chi connectivity index (χ0v) is 28.7. The van der Waals surface area contributed by atoms with Gasteiger partial charge in [-0.2, -0.15) is 0 Å². The van der Waals surface area contributed by atoms with Crippen LogP contribution < -0.4 is 9.80 Å². The molecule has 0 saturated carbocycles. The summed E-state index contributed by atoms with van der Waals surface area (Å²) in [6.07, 6.45) is 0. The van der Waals surface area contributed by atoms with Gasteiger partial charge in [0.25, 0.3) is 0 Å². The summed E-state index contributed by atoms with van der Waals surface area (Å²) in [5.74, 6) is 0. The monoisotopic (exact) mass is 664 g/mol. The van der Waals surface area contributed by atoms with Crippen LogP contribution in [0.3, 0.4) is 0 Å². The standard InChI is InChI=1S/C50H36N2/c1-4-14-37(15-5-1)40-18-12-23-47(35-40)51(43-19-6-2-7-20-43)45-30-32-46(33-31-45)52(44-21-8-3-9-22-44)48-29-28-38-26-27-41(34-42(38)36-48)50-25-13-17-39-16-10-11-24-49(39)50/h1-36H. The highest BCUT2D eigenvalue weighted by atomic mass is 15.2. The zero-order chi connectivity index (χ0) is 34.7. The quantitative estimate of drug-likeness (QED) is 0.159. The fourth-order valence-corrected chi connectivity index (χ4v) is 7.27. The third-order valence-corrected chi connectivity index (χ3v) is 9.79. The molecule has 0 heterocycles. The number of hydrogen-bond acceptors (Lipinski definition) is 2. The highest BCUT2D eigenvalue weighted by molar-refractivity contribution is 6.00. The van der Waals surface area contributed by atoms with E-state index in [2.05, 4.69) is 228 Å². The van der Waals surface area contributed by atoms with Crippen LogP contribution in [0.25, 0.3) is 43.8 Å². The predicted molar refractivity (Wildman–Crippen MR) is 222 cm³/mol. The fourth-order valence-electron chi connectivity index (χ4n) is 7.27. The van der Waals surface area contributed by atoms with Gasteiger partial charge in [0.2, 0.25) is 0 Å². The topological polar surface area (TPSA) is 6.48 Å². The number of anilines is 6. The highest BCUT2D eigenvalue weighted by Gasteiger charge is 2.17. The normalized spacial score (nSPS) is 11.1. The van der Waals surface area contributed by atoms with Gasteiger partial charge >= 0.3 is 0 Å². The van der Waals surface area contributed by atoms with Crippen LogP contribution in [-0.4, -0.2) is 0 Å². The third kappa shape index (κ3) is 6.08. The van der Waals surface area contributed by atoms with Crippen LogP contribution in [0.15, 0.2) is 218 Å². The second-order valence-electron chi connectivity index (χ2n) is 13.0. The summed E-state index contributed by atoms with van der Waals surface area (Å²) < 4.78 is 0. The molecule has 0 unspecified atom stereocenters. The summed E-state index contributed by atoms with van der Waals surface area (Å²) in [6, 6.07) is 78.3. The molecular formula is C50H36N2. The van der Waals surface area contributed by atoms with Crippen molar-refractivity contribution in [2.24, 2.45) is 0 Å². The van der Waals surface area contributed by atoms with E-state index in [1.165, 1.54) is 43.8 Å². The van der Waals surface area contributed by atoms with Crippen molar-refractivity contribution in [3.63, 3.8) is 0 Å². The Bertz CT molecular complexity index is 2610. The maximum atomic E-state index is 2.34. The highest BCUT2D eigenvalue weighted by Crippen LogP contribution is 2.41. The van der Waals surface area contributed by atoms with Crippen LogP contribution >= 0.6 is 0 Å². The van der Waals surface area contributed by atoms with E-state index in [0.717, 1.165) is 34.1 Å². The molecule has 0 saturated heterocycles.